The van der Waals surface area contributed by atoms with Crippen LogP contribution in [0.4, 0.5) is 0 Å². The van der Waals surface area contributed by atoms with Crippen LogP contribution in [0.25, 0.3) is 5.57 Å². The van der Waals surface area contributed by atoms with E-state index in [0.717, 1.165) is 16.8 Å². The van der Waals surface area contributed by atoms with E-state index in [1.165, 1.54) is 6.92 Å². The molecular formula is C16H19NO4. The van der Waals surface area contributed by atoms with Crippen LogP contribution >= 0.6 is 0 Å². The number of carbonyl (C=O) groups is 2. The third-order valence-corrected chi connectivity index (χ3v) is 3.55. The lowest BCUT2D eigenvalue weighted by Gasteiger charge is -2.19. The van der Waals surface area contributed by atoms with Gasteiger partial charge in [0, 0.05) is 13.1 Å². The minimum atomic E-state index is -0.571. The van der Waals surface area contributed by atoms with Crippen LogP contribution in [0.2, 0.25) is 0 Å². The molecule has 0 amide bonds. The topological polar surface area (TPSA) is 65.5 Å². The summed E-state index contributed by atoms with van der Waals surface area (Å²) in [4.78, 5) is 27.7. The number of aromatic nitrogens is 1. The van der Waals surface area contributed by atoms with Crippen LogP contribution in [0, 0.1) is 5.92 Å². The SMILES string of the molecule is CCOC(=O)C1CC(c2ccccn2)=C(C)C1OC(C)=O. The molecule has 1 aliphatic carbocycles. The standard InChI is InChI=1S/C16H19NO4/c1-4-20-16(19)13-9-12(14-7-5-6-8-17-14)10(2)15(13)21-11(3)18/h5-8,13,15H,4,9H2,1-3H3. The molecule has 0 saturated carbocycles. The molecule has 0 fully saturated rings. The first-order chi connectivity index (χ1) is 10.0. The van der Waals surface area contributed by atoms with Gasteiger partial charge in [-0.05, 0) is 43.5 Å². The average molecular weight is 289 g/mol. The number of pyridine rings is 1. The van der Waals surface area contributed by atoms with Crippen molar-refractivity contribution in [2.75, 3.05) is 6.61 Å². The Morgan fingerprint density at radius 1 is 1.38 bits per heavy atom. The Balaban J connectivity index is 2.32. The van der Waals surface area contributed by atoms with Crippen molar-refractivity contribution in [3.63, 3.8) is 0 Å². The number of hydrogen-bond donors (Lipinski definition) is 0. The van der Waals surface area contributed by atoms with Crippen LogP contribution in [-0.2, 0) is 19.1 Å². The molecule has 5 nitrogen and oxygen atoms in total. The number of nitrogens with zero attached hydrogens (tertiary/aromatic N) is 1. The van der Waals surface area contributed by atoms with Gasteiger partial charge in [-0.3, -0.25) is 14.6 Å². The second-order valence-corrected chi connectivity index (χ2v) is 4.97. The molecule has 0 bridgehead atoms. The Hall–Kier alpha value is -2.17. The van der Waals surface area contributed by atoms with Crippen molar-refractivity contribution in [1.29, 1.82) is 0 Å². The molecule has 1 aromatic rings. The molecule has 0 N–H and O–H groups in total. The zero-order chi connectivity index (χ0) is 15.4. The summed E-state index contributed by atoms with van der Waals surface area (Å²) >= 11 is 0. The maximum absolute atomic E-state index is 12.1. The van der Waals surface area contributed by atoms with Crippen LogP contribution in [0.15, 0.2) is 30.0 Å². The van der Waals surface area contributed by atoms with Gasteiger partial charge in [0.05, 0.1) is 12.3 Å². The highest BCUT2D eigenvalue weighted by Gasteiger charge is 2.41. The van der Waals surface area contributed by atoms with Gasteiger partial charge < -0.3 is 9.47 Å². The molecule has 0 aliphatic heterocycles. The highest BCUT2D eigenvalue weighted by molar-refractivity contribution is 5.83. The molecule has 5 heteroatoms. The van der Waals surface area contributed by atoms with E-state index in [0.29, 0.717) is 13.0 Å². The van der Waals surface area contributed by atoms with Gasteiger partial charge in [0.2, 0.25) is 0 Å². The number of esters is 2. The van der Waals surface area contributed by atoms with Crippen molar-refractivity contribution in [3.05, 3.63) is 35.7 Å². The van der Waals surface area contributed by atoms with Gasteiger partial charge in [-0.25, -0.2) is 0 Å². The Labute approximate surface area is 124 Å². The Morgan fingerprint density at radius 3 is 2.71 bits per heavy atom. The van der Waals surface area contributed by atoms with Crippen LogP contribution < -0.4 is 0 Å². The van der Waals surface area contributed by atoms with E-state index in [9.17, 15) is 9.59 Å². The number of ether oxygens (including phenoxy) is 2. The van der Waals surface area contributed by atoms with Crippen molar-refractivity contribution in [1.82, 2.24) is 4.98 Å². The van der Waals surface area contributed by atoms with Crippen molar-refractivity contribution >= 4 is 17.5 Å². The lowest BCUT2D eigenvalue weighted by atomic mass is 10.0. The number of carbonyl (C=O) groups excluding carboxylic acids is 2. The minimum absolute atomic E-state index is 0.306. The summed E-state index contributed by atoms with van der Waals surface area (Å²) in [5.41, 5.74) is 2.61. The molecule has 1 aliphatic rings. The molecule has 2 rings (SSSR count). The van der Waals surface area contributed by atoms with Gasteiger partial charge >= 0.3 is 11.9 Å². The number of allylic oxidation sites excluding steroid dienone is 1. The van der Waals surface area contributed by atoms with Crippen molar-refractivity contribution in [2.24, 2.45) is 5.92 Å². The quantitative estimate of drug-likeness (QED) is 0.796. The minimum Gasteiger partial charge on any atom is -0.466 e. The molecule has 1 aromatic heterocycles. The smallest absolute Gasteiger partial charge is 0.313 e. The highest BCUT2D eigenvalue weighted by atomic mass is 16.6. The summed E-state index contributed by atoms with van der Waals surface area (Å²) in [5, 5.41) is 0. The van der Waals surface area contributed by atoms with Crippen LogP contribution in [0.3, 0.4) is 0 Å². The van der Waals surface area contributed by atoms with E-state index in [-0.39, 0.29) is 5.97 Å². The van der Waals surface area contributed by atoms with E-state index in [1.54, 1.807) is 13.1 Å². The van der Waals surface area contributed by atoms with Gasteiger partial charge in [0.25, 0.3) is 0 Å². The van der Waals surface area contributed by atoms with Gasteiger partial charge in [0.1, 0.15) is 12.0 Å². The summed E-state index contributed by atoms with van der Waals surface area (Å²) in [6.45, 7) is 5.28. The first kappa shape index (κ1) is 15.2. The fourth-order valence-electron chi connectivity index (χ4n) is 2.61. The molecular weight excluding hydrogens is 270 g/mol. The lowest BCUT2D eigenvalue weighted by molar-refractivity contribution is -0.157. The maximum Gasteiger partial charge on any atom is 0.313 e. The van der Waals surface area contributed by atoms with E-state index < -0.39 is 18.0 Å². The summed E-state index contributed by atoms with van der Waals surface area (Å²) in [6, 6.07) is 5.61. The second-order valence-electron chi connectivity index (χ2n) is 4.97. The monoisotopic (exact) mass is 289 g/mol. The maximum atomic E-state index is 12.1. The Morgan fingerprint density at radius 2 is 2.14 bits per heavy atom. The summed E-state index contributed by atoms with van der Waals surface area (Å²) in [6.07, 6.45) is 1.60. The molecule has 0 spiro atoms. The molecule has 2 unspecified atom stereocenters. The molecule has 0 aromatic carbocycles. The normalized spacial score (nSPS) is 21.3. The predicted molar refractivity (Wildman–Crippen MR) is 77.1 cm³/mol. The van der Waals surface area contributed by atoms with Gasteiger partial charge in [-0.2, -0.15) is 0 Å². The summed E-state index contributed by atoms with van der Waals surface area (Å²) in [7, 11) is 0. The predicted octanol–water partition coefficient (Wildman–Crippen LogP) is 2.37. The van der Waals surface area contributed by atoms with E-state index in [4.69, 9.17) is 9.47 Å². The molecule has 2 atom stereocenters. The number of hydrogen-bond acceptors (Lipinski definition) is 5. The fraction of sp³-hybridized carbons (Fsp3) is 0.438. The van der Waals surface area contributed by atoms with Gasteiger partial charge in [-0.1, -0.05) is 6.07 Å². The Kier molecular flexibility index (Phi) is 4.73. The van der Waals surface area contributed by atoms with E-state index in [1.807, 2.05) is 25.1 Å². The summed E-state index contributed by atoms with van der Waals surface area (Å²) < 4.78 is 10.4. The number of rotatable bonds is 4. The first-order valence-corrected chi connectivity index (χ1v) is 6.99. The zero-order valence-corrected chi connectivity index (χ0v) is 12.5. The first-order valence-electron chi connectivity index (χ1n) is 6.99. The van der Waals surface area contributed by atoms with E-state index >= 15 is 0 Å². The van der Waals surface area contributed by atoms with Crippen molar-refractivity contribution in [3.8, 4) is 0 Å². The average Bonchev–Trinajstić information content (AvgIpc) is 2.77. The zero-order valence-electron chi connectivity index (χ0n) is 12.5. The van der Waals surface area contributed by atoms with Gasteiger partial charge in [-0.15, -0.1) is 0 Å². The second kappa shape index (κ2) is 6.52. The van der Waals surface area contributed by atoms with Crippen LogP contribution in [0.5, 0.6) is 0 Å². The summed E-state index contributed by atoms with van der Waals surface area (Å²) in [5.74, 6) is -1.24. The fourth-order valence-corrected chi connectivity index (χ4v) is 2.61. The molecule has 21 heavy (non-hydrogen) atoms. The largest absolute Gasteiger partial charge is 0.466 e. The van der Waals surface area contributed by atoms with E-state index in [2.05, 4.69) is 4.98 Å². The highest BCUT2D eigenvalue weighted by Crippen LogP contribution is 2.39. The Bertz CT molecular complexity index is 565. The van der Waals surface area contributed by atoms with Crippen molar-refractivity contribution < 1.29 is 19.1 Å². The lowest BCUT2D eigenvalue weighted by Crippen LogP contribution is -2.30. The van der Waals surface area contributed by atoms with Crippen LogP contribution in [-0.4, -0.2) is 29.6 Å². The molecule has 1 heterocycles. The van der Waals surface area contributed by atoms with Gasteiger partial charge in [0.15, 0.2) is 0 Å². The third-order valence-electron chi connectivity index (χ3n) is 3.55. The third kappa shape index (κ3) is 3.29. The molecule has 0 saturated heterocycles. The molecule has 112 valence electrons. The van der Waals surface area contributed by atoms with Crippen molar-refractivity contribution in [2.45, 2.75) is 33.3 Å². The van der Waals surface area contributed by atoms with Crippen LogP contribution in [0.1, 0.15) is 32.9 Å². The molecule has 0 radical (unpaired) electrons.